The SMILES string of the molecule is O=C1C(Cl)=C(Cl)C2(O[C@H](c3ccc(Cl)cc3)[C@H]2c2ccccc2)C(Cl)=C1Cl. The molecule has 0 N–H and O–H groups in total. The minimum atomic E-state index is -1.29. The van der Waals surface area contributed by atoms with E-state index in [9.17, 15) is 4.79 Å². The van der Waals surface area contributed by atoms with Crippen molar-refractivity contribution in [3.8, 4) is 0 Å². The zero-order chi connectivity index (χ0) is 19.3. The number of carbonyl (C=O) groups excluding carboxylic acids is 1. The Morgan fingerprint density at radius 2 is 1.30 bits per heavy atom. The van der Waals surface area contributed by atoms with Crippen LogP contribution in [0.2, 0.25) is 5.02 Å². The number of benzene rings is 2. The van der Waals surface area contributed by atoms with E-state index in [1.807, 2.05) is 42.5 Å². The number of ether oxygens (including phenoxy) is 1. The fourth-order valence-corrected chi connectivity index (χ4v) is 4.94. The first-order chi connectivity index (χ1) is 12.9. The van der Waals surface area contributed by atoms with Crippen LogP contribution in [0.25, 0.3) is 0 Å². The van der Waals surface area contributed by atoms with Crippen LogP contribution in [-0.2, 0) is 9.53 Å². The van der Waals surface area contributed by atoms with Crippen LogP contribution in [0.3, 0.4) is 0 Å². The maximum absolute atomic E-state index is 12.2. The number of ketones is 1. The third kappa shape index (κ3) is 2.86. The van der Waals surface area contributed by atoms with Gasteiger partial charge in [0.2, 0.25) is 5.78 Å². The van der Waals surface area contributed by atoms with Crippen LogP contribution in [0.5, 0.6) is 0 Å². The van der Waals surface area contributed by atoms with Crippen molar-refractivity contribution in [3.05, 3.63) is 90.9 Å². The first-order valence-electron chi connectivity index (χ1n) is 8.02. The van der Waals surface area contributed by atoms with Crippen molar-refractivity contribution < 1.29 is 9.53 Å². The van der Waals surface area contributed by atoms with Crippen LogP contribution in [0, 0.1) is 0 Å². The highest BCUT2D eigenvalue weighted by Gasteiger charge is 2.64. The predicted molar refractivity (Wildman–Crippen MR) is 110 cm³/mol. The molecule has 4 rings (SSSR count). The average Bonchev–Trinajstić information content (AvgIpc) is 2.66. The molecule has 1 fully saturated rings. The Kier molecular flexibility index (Phi) is 5.09. The quantitative estimate of drug-likeness (QED) is 0.488. The number of allylic oxidation sites excluding steroid dienone is 2. The van der Waals surface area contributed by atoms with Gasteiger partial charge >= 0.3 is 0 Å². The smallest absolute Gasteiger partial charge is 0.218 e. The van der Waals surface area contributed by atoms with E-state index in [1.54, 1.807) is 12.1 Å². The topological polar surface area (TPSA) is 26.3 Å². The predicted octanol–water partition coefficient (Wildman–Crippen LogP) is 6.90. The van der Waals surface area contributed by atoms with Gasteiger partial charge in [-0.15, -0.1) is 0 Å². The number of halogens is 5. The Labute approximate surface area is 181 Å². The molecule has 7 heteroatoms. The van der Waals surface area contributed by atoms with Crippen molar-refractivity contribution in [2.24, 2.45) is 0 Å². The monoisotopic (exact) mass is 458 g/mol. The molecule has 0 bridgehead atoms. The van der Waals surface area contributed by atoms with Gasteiger partial charge in [-0.2, -0.15) is 0 Å². The Morgan fingerprint density at radius 1 is 0.741 bits per heavy atom. The lowest BCUT2D eigenvalue weighted by atomic mass is 9.68. The second-order valence-corrected chi connectivity index (χ2v) is 8.25. The fraction of sp³-hybridized carbons (Fsp3) is 0.150. The molecule has 2 aromatic carbocycles. The molecule has 0 radical (unpaired) electrons. The lowest BCUT2D eigenvalue weighted by Crippen LogP contribution is -2.56. The van der Waals surface area contributed by atoms with E-state index in [1.165, 1.54) is 0 Å². The molecule has 2 aromatic rings. The average molecular weight is 461 g/mol. The molecule has 2 atom stereocenters. The summed E-state index contributed by atoms with van der Waals surface area (Å²) in [5.41, 5.74) is 0.539. The number of hydrogen-bond donors (Lipinski definition) is 0. The van der Waals surface area contributed by atoms with Gasteiger partial charge < -0.3 is 4.74 Å². The summed E-state index contributed by atoms with van der Waals surface area (Å²) in [6.07, 6.45) is -0.366. The summed E-state index contributed by atoms with van der Waals surface area (Å²) >= 11 is 31.3. The third-order valence-corrected chi connectivity index (χ3v) is 6.95. The lowest BCUT2D eigenvalue weighted by Gasteiger charge is -2.56. The maximum Gasteiger partial charge on any atom is 0.218 e. The van der Waals surface area contributed by atoms with Gasteiger partial charge in [0, 0.05) is 5.02 Å². The van der Waals surface area contributed by atoms with Crippen molar-refractivity contribution >= 4 is 63.8 Å². The zero-order valence-electron chi connectivity index (χ0n) is 13.6. The standard InChI is InChI=1S/C20H11Cl5O2/c21-12-8-6-11(7-9-12)17-13(10-4-2-1-3-5-10)20(27-17)18(24)14(22)16(26)15(23)19(20)25/h1-9,13,17H/t13-,17-/m1/s1. The largest absolute Gasteiger partial charge is 0.354 e. The number of carbonyl (C=O) groups is 1. The van der Waals surface area contributed by atoms with E-state index in [0.717, 1.165) is 11.1 Å². The van der Waals surface area contributed by atoms with E-state index in [4.69, 9.17) is 62.7 Å². The number of rotatable bonds is 2. The summed E-state index contributed by atoms with van der Waals surface area (Å²) in [6.45, 7) is 0. The molecule has 0 saturated carbocycles. The molecule has 1 saturated heterocycles. The van der Waals surface area contributed by atoms with Crippen molar-refractivity contribution in [2.45, 2.75) is 17.6 Å². The van der Waals surface area contributed by atoms with Gasteiger partial charge in [0.25, 0.3) is 0 Å². The molecule has 1 aliphatic heterocycles. The first kappa shape index (κ1) is 19.3. The second kappa shape index (κ2) is 7.11. The van der Waals surface area contributed by atoms with Crippen molar-refractivity contribution in [2.75, 3.05) is 0 Å². The number of hydrogen-bond acceptors (Lipinski definition) is 2. The van der Waals surface area contributed by atoms with Gasteiger partial charge in [-0.05, 0) is 23.3 Å². The molecule has 1 aliphatic carbocycles. The van der Waals surface area contributed by atoms with Gasteiger partial charge in [0.05, 0.1) is 22.1 Å². The van der Waals surface area contributed by atoms with Gasteiger partial charge in [-0.3, -0.25) is 4.79 Å². The van der Waals surface area contributed by atoms with Gasteiger partial charge in [0.15, 0.2) is 5.60 Å². The van der Waals surface area contributed by atoms with Crippen molar-refractivity contribution in [3.63, 3.8) is 0 Å². The molecular weight excluding hydrogens is 449 g/mol. The summed E-state index contributed by atoms with van der Waals surface area (Å²) < 4.78 is 6.23. The molecule has 1 spiro atoms. The van der Waals surface area contributed by atoms with E-state index >= 15 is 0 Å². The van der Waals surface area contributed by atoms with E-state index in [2.05, 4.69) is 0 Å². The van der Waals surface area contributed by atoms with Crippen LogP contribution in [0.1, 0.15) is 23.1 Å². The molecule has 0 amide bonds. The first-order valence-corrected chi connectivity index (χ1v) is 9.91. The van der Waals surface area contributed by atoms with Crippen LogP contribution < -0.4 is 0 Å². The molecule has 0 aromatic heterocycles. The van der Waals surface area contributed by atoms with Gasteiger partial charge in [-0.25, -0.2) is 0 Å². The minimum Gasteiger partial charge on any atom is -0.354 e. The molecule has 0 unspecified atom stereocenters. The normalized spacial score (nSPS) is 24.4. The third-order valence-electron chi connectivity index (χ3n) is 4.85. The minimum absolute atomic E-state index is 0.0441. The molecule has 138 valence electrons. The van der Waals surface area contributed by atoms with E-state index in [0.29, 0.717) is 5.02 Å². The second-order valence-electron chi connectivity index (χ2n) is 6.30. The molecule has 1 heterocycles. The van der Waals surface area contributed by atoms with Crippen LogP contribution >= 0.6 is 58.0 Å². The summed E-state index contributed by atoms with van der Waals surface area (Å²) in [6, 6.07) is 16.9. The highest BCUT2D eigenvalue weighted by atomic mass is 35.5. The summed E-state index contributed by atoms with van der Waals surface area (Å²) in [7, 11) is 0. The Morgan fingerprint density at radius 3 is 1.85 bits per heavy atom. The Balaban J connectivity index is 1.89. The Bertz CT molecular complexity index is 951. The highest BCUT2D eigenvalue weighted by molar-refractivity contribution is 6.61. The molecule has 2 nitrogen and oxygen atoms in total. The van der Waals surface area contributed by atoms with Crippen molar-refractivity contribution in [1.82, 2.24) is 0 Å². The van der Waals surface area contributed by atoms with E-state index in [-0.39, 0.29) is 32.2 Å². The van der Waals surface area contributed by atoms with Crippen molar-refractivity contribution in [1.29, 1.82) is 0 Å². The van der Waals surface area contributed by atoms with Gasteiger partial charge in [-0.1, -0.05) is 100 Å². The summed E-state index contributed by atoms with van der Waals surface area (Å²) in [5, 5.41) is 0.350. The summed E-state index contributed by atoms with van der Waals surface area (Å²) in [5.74, 6) is -0.931. The lowest BCUT2D eigenvalue weighted by molar-refractivity contribution is -0.183. The van der Waals surface area contributed by atoms with Crippen LogP contribution in [0.15, 0.2) is 74.7 Å². The molecular formula is C20H11Cl5O2. The maximum atomic E-state index is 12.2. The number of Topliss-reactive ketones (excluding diaryl/α,β-unsaturated/α-hetero) is 1. The molecule has 2 aliphatic rings. The van der Waals surface area contributed by atoms with Crippen LogP contribution in [-0.4, -0.2) is 11.4 Å². The van der Waals surface area contributed by atoms with Gasteiger partial charge in [0.1, 0.15) is 10.1 Å². The van der Waals surface area contributed by atoms with E-state index < -0.39 is 11.4 Å². The highest BCUT2D eigenvalue weighted by Crippen LogP contribution is 2.65. The van der Waals surface area contributed by atoms with Crippen LogP contribution in [0.4, 0.5) is 0 Å². The Hall–Kier alpha value is -1.000. The molecule has 27 heavy (non-hydrogen) atoms. The fourth-order valence-electron chi connectivity index (χ4n) is 3.56. The zero-order valence-corrected chi connectivity index (χ0v) is 17.3. The summed E-state index contributed by atoms with van der Waals surface area (Å²) in [4.78, 5) is 12.2.